The van der Waals surface area contributed by atoms with E-state index in [2.05, 4.69) is 11.1 Å². The summed E-state index contributed by atoms with van der Waals surface area (Å²) in [5.41, 5.74) is 2.09. The van der Waals surface area contributed by atoms with Gasteiger partial charge in [0, 0.05) is 10.8 Å². The van der Waals surface area contributed by atoms with Gasteiger partial charge in [-0.3, -0.25) is 0 Å². The van der Waals surface area contributed by atoms with Gasteiger partial charge in [0.25, 0.3) is 0 Å². The Bertz CT molecular complexity index is 657. The first-order valence-corrected chi connectivity index (χ1v) is 7.76. The van der Waals surface area contributed by atoms with Crippen LogP contribution in [0.25, 0.3) is 0 Å². The van der Waals surface area contributed by atoms with Gasteiger partial charge in [-0.15, -0.1) is 11.3 Å². The summed E-state index contributed by atoms with van der Waals surface area (Å²) in [7, 11) is 0. The van der Waals surface area contributed by atoms with Gasteiger partial charge in [0.05, 0.1) is 24.4 Å². The number of aliphatic hydroxyl groups excluding tert-OH is 1. The Morgan fingerprint density at radius 2 is 2.05 bits per heavy atom. The molecular formula is C16H17N3OS. The fraction of sp³-hybridized carbons (Fsp3) is 0.375. The van der Waals surface area contributed by atoms with E-state index in [-0.39, 0.29) is 24.6 Å². The fourth-order valence-corrected chi connectivity index (χ4v) is 3.92. The van der Waals surface area contributed by atoms with Gasteiger partial charge in [0.1, 0.15) is 6.04 Å². The third-order valence-electron chi connectivity index (χ3n) is 4.15. The van der Waals surface area contributed by atoms with E-state index in [1.807, 2.05) is 49.1 Å². The van der Waals surface area contributed by atoms with Crippen molar-refractivity contribution in [2.75, 3.05) is 11.5 Å². The lowest BCUT2D eigenvalue weighted by Gasteiger charge is -2.51. The molecule has 1 saturated heterocycles. The molecule has 1 aliphatic heterocycles. The average Bonchev–Trinajstić information content (AvgIpc) is 2.79. The zero-order valence-corrected chi connectivity index (χ0v) is 12.8. The lowest BCUT2D eigenvalue weighted by molar-refractivity contribution is 0.187. The monoisotopic (exact) mass is 299 g/mol. The van der Waals surface area contributed by atoms with Crippen molar-refractivity contribution in [3.63, 3.8) is 0 Å². The van der Waals surface area contributed by atoms with E-state index in [4.69, 9.17) is 0 Å². The molecule has 5 heteroatoms. The summed E-state index contributed by atoms with van der Waals surface area (Å²) in [4.78, 5) is 7.65. The molecule has 1 fully saturated rings. The lowest BCUT2D eigenvalue weighted by Crippen LogP contribution is -2.63. The van der Waals surface area contributed by atoms with Crippen molar-refractivity contribution in [3.05, 3.63) is 46.5 Å². The van der Waals surface area contributed by atoms with E-state index in [9.17, 15) is 10.4 Å². The van der Waals surface area contributed by atoms with Crippen LogP contribution in [-0.4, -0.2) is 28.8 Å². The molecule has 1 aromatic heterocycles. The van der Waals surface area contributed by atoms with Crippen molar-refractivity contribution in [2.45, 2.75) is 31.8 Å². The number of aliphatic hydroxyl groups is 1. The Kier molecular flexibility index (Phi) is 3.66. The summed E-state index contributed by atoms with van der Waals surface area (Å²) in [5, 5.41) is 20.1. The number of aryl methyl sites for hydroxylation is 2. The number of nitriles is 1. The van der Waals surface area contributed by atoms with E-state index in [1.165, 1.54) is 0 Å². The number of anilines is 1. The van der Waals surface area contributed by atoms with Gasteiger partial charge in [-0.25, -0.2) is 4.98 Å². The minimum absolute atomic E-state index is 0.0232. The summed E-state index contributed by atoms with van der Waals surface area (Å²) in [6.07, 6.45) is 0. The second kappa shape index (κ2) is 5.47. The molecule has 0 spiro atoms. The van der Waals surface area contributed by atoms with Gasteiger partial charge >= 0.3 is 0 Å². The zero-order valence-electron chi connectivity index (χ0n) is 12.0. The highest BCUT2D eigenvalue weighted by molar-refractivity contribution is 7.15. The van der Waals surface area contributed by atoms with Gasteiger partial charge in [0.2, 0.25) is 0 Å². The summed E-state index contributed by atoms with van der Waals surface area (Å²) < 4.78 is 0. The van der Waals surface area contributed by atoms with Crippen molar-refractivity contribution in [1.82, 2.24) is 4.98 Å². The van der Waals surface area contributed by atoms with Crippen molar-refractivity contribution in [1.29, 1.82) is 5.26 Å². The van der Waals surface area contributed by atoms with E-state index < -0.39 is 0 Å². The smallest absolute Gasteiger partial charge is 0.187 e. The molecule has 1 aliphatic rings. The average molecular weight is 299 g/mol. The summed E-state index contributed by atoms with van der Waals surface area (Å²) in [6.45, 7) is 4.02. The fourth-order valence-electron chi connectivity index (χ4n) is 2.91. The normalized spacial score (nSPS) is 24.5. The quantitative estimate of drug-likeness (QED) is 0.946. The molecule has 2 heterocycles. The van der Waals surface area contributed by atoms with Gasteiger partial charge in [-0.1, -0.05) is 30.3 Å². The SMILES string of the molecule is Cc1nc(N2[C@@H](C#N)[C@@H](c3ccccc3)[C@@H]2CO)sc1C. The third-order valence-corrected chi connectivity index (χ3v) is 5.24. The van der Waals surface area contributed by atoms with Crippen molar-refractivity contribution >= 4 is 16.5 Å². The minimum atomic E-state index is -0.269. The molecular weight excluding hydrogens is 282 g/mol. The molecule has 1 N–H and O–H groups in total. The Labute approximate surface area is 128 Å². The van der Waals surface area contributed by atoms with Crippen LogP contribution in [0, 0.1) is 25.2 Å². The number of hydrogen-bond acceptors (Lipinski definition) is 5. The van der Waals surface area contributed by atoms with Crippen LogP contribution in [0.2, 0.25) is 0 Å². The Morgan fingerprint density at radius 3 is 2.57 bits per heavy atom. The van der Waals surface area contributed by atoms with Crippen molar-refractivity contribution in [3.8, 4) is 6.07 Å². The van der Waals surface area contributed by atoms with Gasteiger partial charge in [-0.2, -0.15) is 5.26 Å². The Hall–Kier alpha value is -1.90. The highest BCUT2D eigenvalue weighted by Gasteiger charge is 2.50. The first-order valence-electron chi connectivity index (χ1n) is 6.95. The van der Waals surface area contributed by atoms with E-state index >= 15 is 0 Å². The second-order valence-electron chi connectivity index (χ2n) is 5.31. The molecule has 4 nitrogen and oxygen atoms in total. The largest absolute Gasteiger partial charge is 0.394 e. The van der Waals surface area contributed by atoms with E-state index in [0.717, 1.165) is 21.3 Å². The van der Waals surface area contributed by atoms with E-state index in [0.29, 0.717) is 0 Å². The second-order valence-corrected chi connectivity index (χ2v) is 6.49. The molecule has 2 aromatic rings. The Morgan fingerprint density at radius 1 is 1.33 bits per heavy atom. The van der Waals surface area contributed by atoms with Crippen molar-refractivity contribution in [2.24, 2.45) is 0 Å². The molecule has 0 amide bonds. The molecule has 0 aliphatic carbocycles. The number of aromatic nitrogens is 1. The third kappa shape index (κ3) is 2.21. The van der Waals surface area contributed by atoms with E-state index in [1.54, 1.807) is 11.3 Å². The first kappa shape index (κ1) is 14.1. The molecule has 0 bridgehead atoms. The predicted molar refractivity (Wildman–Crippen MR) is 83.5 cm³/mol. The zero-order chi connectivity index (χ0) is 15.0. The molecule has 21 heavy (non-hydrogen) atoms. The maximum absolute atomic E-state index is 9.76. The number of benzene rings is 1. The van der Waals surface area contributed by atoms with Crippen LogP contribution in [0.15, 0.2) is 30.3 Å². The van der Waals surface area contributed by atoms with Crippen LogP contribution in [0.4, 0.5) is 5.13 Å². The molecule has 1 aromatic carbocycles. The van der Waals surface area contributed by atoms with Gasteiger partial charge in [0.15, 0.2) is 5.13 Å². The summed E-state index contributed by atoms with van der Waals surface area (Å²) in [5.74, 6) is 0.0331. The number of hydrogen-bond donors (Lipinski definition) is 1. The molecule has 3 atom stereocenters. The molecule has 0 saturated carbocycles. The molecule has 0 radical (unpaired) electrons. The van der Waals surface area contributed by atoms with Crippen molar-refractivity contribution < 1.29 is 5.11 Å². The number of nitrogens with zero attached hydrogens (tertiary/aromatic N) is 3. The van der Waals surface area contributed by atoms with Crippen LogP contribution >= 0.6 is 11.3 Å². The van der Waals surface area contributed by atoms with Crippen LogP contribution in [-0.2, 0) is 0 Å². The highest BCUT2D eigenvalue weighted by Crippen LogP contribution is 2.44. The molecule has 0 unspecified atom stereocenters. The first-order chi connectivity index (χ1) is 10.2. The standard InChI is InChI=1S/C16H17N3OS/c1-10-11(2)21-16(18-10)19-13(8-17)15(14(19)9-20)12-6-4-3-5-7-12/h3-7,13-15,20H,9H2,1-2H3/t13-,14-,15+/m0/s1. The number of rotatable bonds is 3. The number of thiazole rings is 1. The molecule has 3 rings (SSSR count). The highest BCUT2D eigenvalue weighted by atomic mass is 32.1. The molecule has 108 valence electrons. The summed E-state index contributed by atoms with van der Waals surface area (Å²) >= 11 is 1.59. The lowest BCUT2D eigenvalue weighted by atomic mass is 9.76. The van der Waals surface area contributed by atoms with Crippen LogP contribution in [0.3, 0.4) is 0 Å². The van der Waals surface area contributed by atoms with Crippen LogP contribution < -0.4 is 4.90 Å². The van der Waals surface area contributed by atoms with Crippen LogP contribution in [0.1, 0.15) is 22.1 Å². The van der Waals surface area contributed by atoms with Crippen LogP contribution in [0.5, 0.6) is 0 Å². The minimum Gasteiger partial charge on any atom is -0.394 e. The Balaban J connectivity index is 1.95. The maximum atomic E-state index is 9.76. The predicted octanol–water partition coefficient (Wildman–Crippen LogP) is 2.62. The van der Waals surface area contributed by atoms with Gasteiger partial charge in [-0.05, 0) is 19.4 Å². The topological polar surface area (TPSA) is 60.2 Å². The maximum Gasteiger partial charge on any atom is 0.187 e. The van der Waals surface area contributed by atoms with Gasteiger partial charge < -0.3 is 10.0 Å². The summed E-state index contributed by atoms with van der Waals surface area (Å²) in [6, 6.07) is 12.0.